The second-order valence-electron chi connectivity index (χ2n) is 4.78. The molecule has 4 nitrogen and oxygen atoms in total. The lowest BCUT2D eigenvalue weighted by Crippen LogP contribution is -2.04. The van der Waals surface area contributed by atoms with Crippen LogP contribution in [0.4, 0.5) is 5.69 Å². The van der Waals surface area contributed by atoms with Crippen LogP contribution in [0.3, 0.4) is 0 Å². The van der Waals surface area contributed by atoms with Gasteiger partial charge in [-0.05, 0) is 38.1 Å². The molecule has 20 heavy (non-hydrogen) atoms. The SMILES string of the molecule is CCn1cc(NC(C)c2cc3cc(Br)ccc3o2)cn1. The van der Waals surface area contributed by atoms with Crippen LogP contribution in [-0.4, -0.2) is 9.78 Å². The fourth-order valence-electron chi connectivity index (χ4n) is 2.18. The molecule has 0 radical (unpaired) electrons. The van der Waals surface area contributed by atoms with Crippen molar-refractivity contribution in [1.29, 1.82) is 0 Å². The van der Waals surface area contributed by atoms with Gasteiger partial charge in [0.1, 0.15) is 11.3 Å². The molecule has 0 aliphatic heterocycles. The van der Waals surface area contributed by atoms with Gasteiger partial charge in [0.2, 0.25) is 0 Å². The summed E-state index contributed by atoms with van der Waals surface area (Å²) in [7, 11) is 0. The number of nitrogens with zero attached hydrogens (tertiary/aromatic N) is 2. The Balaban J connectivity index is 1.82. The molecule has 3 rings (SSSR count). The lowest BCUT2D eigenvalue weighted by atomic mass is 10.2. The molecular weight excluding hydrogens is 318 g/mol. The molecule has 0 spiro atoms. The third-order valence-electron chi connectivity index (χ3n) is 3.26. The van der Waals surface area contributed by atoms with Crippen LogP contribution >= 0.6 is 15.9 Å². The number of rotatable bonds is 4. The molecule has 5 heteroatoms. The highest BCUT2D eigenvalue weighted by Crippen LogP contribution is 2.28. The normalized spacial score (nSPS) is 12.8. The first-order valence-electron chi connectivity index (χ1n) is 6.63. The van der Waals surface area contributed by atoms with Gasteiger partial charge in [-0.3, -0.25) is 4.68 Å². The van der Waals surface area contributed by atoms with E-state index in [1.807, 2.05) is 29.2 Å². The largest absolute Gasteiger partial charge is 0.459 e. The summed E-state index contributed by atoms with van der Waals surface area (Å²) in [5.74, 6) is 0.919. The molecule has 0 fully saturated rings. The molecule has 0 saturated carbocycles. The number of aryl methyl sites for hydroxylation is 1. The molecule has 104 valence electrons. The highest BCUT2D eigenvalue weighted by atomic mass is 79.9. The molecule has 1 N–H and O–H groups in total. The lowest BCUT2D eigenvalue weighted by molar-refractivity contribution is 0.526. The average Bonchev–Trinajstić information content (AvgIpc) is 3.04. The predicted molar refractivity (Wildman–Crippen MR) is 83.9 cm³/mol. The van der Waals surface area contributed by atoms with Gasteiger partial charge in [0.05, 0.1) is 17.9 Å². The summed E-state index contributed by atoms with van der Waals surface area (Å²) >= 11 is 3.47. The molecule has 1 unspecified atom stereocenters. The molecule has 0 aliphatic carbocycles. The first-order valence-corrected chi connectivity index (χ1v) is 7.43. The fraction of sp³-hybridized carbons (Fsp3) is 0.267. The minimum atomic E-state index is 0.0932. The maximum Gasteiger partial charge on any atom is 0.134 e. The second kappa shape index (κ2) is 5.32. The van der Waals surface area contributed by atoms with E-state index in [9.17, 15) is 0 Å². The molecule has 2 aromatic heterocycles. The average molecular weight is 334 g/mol. The van der Waals surface area contributed by atoms with Crippen LogP contribution in [0.15, 0.2) is 45.5 Å². The van der Waals surface area contributed by atoms with E-state index in [2.05, 4.69) is 52.3 Å². The van der Waals surface area contributed by atoms with Crippen molar-refractivity contribution in [2.24, 2.45) is 0 Å². The summed E-state index contributed by atoms with van der Waals surface area (Å²) in [5.41, 5.74) is 1.90. The lowest BCUT2D eigenvalue weighted by Gasteiger charge is -2.10. The van der Waals surface area contributed by atoms with Crippen molar-refractivity contribution in [1.82, 2.24) is 9.78 Å². The van der Waals surface area contributed by atoms with Crippen LogP contribution in [0.25, 0.3) is 11.0 Å². The van der Waals surface area contributed by atoms with Gasteiger partial charge in [-0.15, -0.1) is 0 Å². The van der Waals surface area contributed by atoms with E-state index in [1.165, 1.54) is 0 Å². The minimum absolute atomic E-state index is 0.0932. The first kappa shape index (κ1) is 13.2. The molecule has 0 saturated heterocycles. The molecule has 1 aromatic carbocycles. The second-order valence-corrected chi connectivity index (χ2v) is 5.70. The smallest absolute Gasteiger partial charge is 0.134 e. The van der Waals surface area contributed by atoms with Crippen LogP contribution in [0, 0.1) is 0 Å². The topological polar surface area (TPSA) is 43.0 Å². The van der Waals surface area contributed by atoms with E-state index in [-0.39, 0.29) is 6.04 Å². The third kappa shape index (κ3) is 2.58. The predicted octanol–water partition coefficient (Wildman–Crippen LogP) is 4.58. The summed E-state index contributed by atoms with van der Waals surface area (Å²) in [6.45, 7) is 5.02. The number of benzene rings is 1. The Labute approximate surface area is 125 Å². The summed E-state index contributed by atoms with van der Waals surface area (Å²) < 4.78 is 8.83. The summed E-state index contributed by atoms with van der Waals surface area (Å²) in [4.78, 5) is 0. The molecule has 0 aliphatic rings. The van der Waals surface area contributed by atoms with Crippen molar-refractivity contribution in [3.63, 3.8) is 0 Å². The number of aromatic nitrogens is 2. The number of nitrogens with one attached hydrogen (secondary N) is 1. The highest BCUT2D eigenvalue weighted by Gasteiger charge is 2.12. The van der Waals surface area contributed by atoms with Crippen LogP contribution in [0.2, 0.25) is 0 Å². The van der Waals surface area contributed by atoms with Crippen LogP contribution in [-0.2, 0) is 6.54 Å². The van der Waals surface area contributed by atoms with Crippen molar-refractivity contribution < 1.29 is 4.42 Å². The Morgan fingerprint density at radius 2 is 2.25 bits per heavy atom. The number of halogens is 1. The Morgan fingerprint density at radius 3 is 3.00 bits per heavy atom. The monoisotopic (exact) mass is 333 g/mol. The molecule has 0 amide bonds. The number of hydrogen-bond acceptors (Lipinski definition) is 3. The van der Waals surface area contributed by atoms with Crippen LogP contribution in [0.5, 0.6) is 0 Å². The van der Waals surface area contributed by atoms with E-state index in [0.717, 1.165) is 33.4 Å². The maximum atomic E-state index is 5.88. The Bertz CT molecular complexity index is 732. The molecule has 1 atom stereocenters. The molecule has 3 aromatic rings. The Hall–Kier alpha value is -1.75. The van der Waals surface area contributed by atoms with Crippen LogP contribution in [0.1, 0.15) is 25.6 Å². The van der Waals surface area contributed by atoms with Gasteiger partial charge >= 0.3 is 0 Å². The summed E-state index contributed by atoms with van der Waals surface area (Å²) in [6, 6.07) is 8.19. The molecular formula is C15H16BrN3O. The zero-order valence-electron chi connectivity index (χ0n) is 11.4. The number of anilines is 1. The van der Waals surface area contributed by atoms with E-state index < -0.39 is 0 Å². The summed E-state index contributed by atoms with van der Waals surface area (Å²) in [6.07, 6.45) is 3.83. The first-order chi connectivity index (χ1) is 9.65. The van der Waals surface area contributed by atoms with E-state index in [0.29, 0.717) is 0 Å². The third-order valence-corrected chi connectivity index (χ3v) is 3.76. The van der Waals surface area contributed by atoms with Gasteiger partial charge in [0.15, 0.2) is 0 Å². The molecule has 2 heterocycles. The van der Waals surface area contributed by atoms with E-state index >= 15 is 0 Å². The van der Waals surface area contributed by atoms with Gasteiger partial charge in [-0.25, -0.2) is 0 Å². The fourth-order valence-corrected chi connectivity index (χ4v) is 2.56. The van der Waals surface area contributed by atoms with Gasteiger partial charge in [-0.1, -0.05) is 15.9 Å². The van der Waals surface area contributed by atoms with Crippen molar-refractivity contribution in [2.45, 2.75) is 26.4 Å². The van der Waals surface area contributed by atoms with Crippen LogP contribution < -0.4 is 5.32 Å². The molecule has 0 bridgehead atoms. The van der Waals surface area contributed by atoms with Crippen molar-refractivity contribution >= 4 is 32.6 Å². The summed E-state index contributed by atoms with van der Waals surface area (Å²) in [5, 5.41) is 8.76. The number of hydrogen-bond donors (Lipinski definition) is 1. The maximum absolute atomic E-state index is 5.88. The van der Waals surface area contributed by atoms with Gasteiger partial charge in [0.25, 0.3) is 0 Å². The Kier molecular flexibility index (Phi) is 3.53. The minimum Gasteiger partial charge on any atom is -0.459 e. The van der Waals surface area contributed by atoms with Crippen molar-refractivity contribution in [2.75, 3.05) is 5.32 Å². The quantitative estimate of drug-likeness (QED) is 0.759. The zero-order chi connectivity index (χ0) is 14.1. The van der Waals surface area contributed by atoms with Crippen molar-refractivity contribution in [3.8, 4) is 0 Å². The van der Waals surface area contributed by atoms with Gasteiger partial charge in [0, 0.05) is 22.6 Å². The van der Waals surface area contributed by atoms with Crippen molar-refractivity contribution in [3.05, 3.63) is 46.9 Å². The standard InChI is InChI=1S/C15H16BrN3O/c1-3-19-9-13(8-17-19)18-10(2)15-7-11-6-12(16)4-5-14(11)20-15/h4-10,18H,3H2,1-2H3. The Morgan fingerprint density at radius 1 is 1.40 bits per heavy atom. The highest BCUT2D eigenvalue weighted by molar-refractivity contribution is 9.10. The van der Waals surface area contributed by atoms with Gasteiger partial charge in [-0.2, -0.15) is 5.10 Å². The zero-order valence-corrected chi connectivity index (χ0v) is 13.0. The van der Waals surface area contributed by atoms with E-state index in [4.69, 9.17) is 4.42 Å². The number of furan rings is 1. The number of fused-ring (bicyclic) bond motifs is 1. The van der Waals surface area contributed by atoms with E-state index in [1.54, 1.807) is 0 Å². The van der Waals surface area contributed by atoms with Gasteiger partial charge < -0.3 is 9.73 Å².